The minimum Gasteiger partial charge on any atom is -0.389 e. The van der Waals surface area contributed by atoms with E-state index in [-0.39, 0.29) is 11.5 Å². The molecule has 0 bridgehead atoms. The van der Waals surface area contributed by atoms with Gasteiger partial charge in [-0.15, -0.1) is 0 Å². The molecule has 0 atom stereocenters. The highest BCUT2D eigenvalue weighted by atomic mass is 16.5. The van der Waals surface area contributed by atoms with Crippen LogP contribution in [0, 0.1) is 5.41 Å². The van der Waals surface area contributed by atoms with Crippen molar-refractivity contribution in [1.82, 2.24) is 0 Å². The van der Waals surface area contributed by atoms with Crippen LogP contribution in [0.5, 0.6) is 0 Å². The smallest absolute Gasteiger partial charge is 0.0759 e. The average molecular weight is 173 g/mol. The molecule has 0 saturated heterocycles. The number of methoxy groups -OCH3 is 1. The van der Waals surface area contributed by atoms with Crippen molar-refractivity contribution in [3.63, 3.8) is 0 Å². The molecule has 3 heteroatoms. The highest BCUT2D eigenvalue weighted by Crippen LogP contribution is 2.46. The molecule has 3 N–H and O–H groups in total. The number of hydrogen-bond acceptors (Lipinski definition) is 3. The third-order valence-corrected chi connectivity index (χ3v) is 3.23. The second kappa shape index (κ2) is 2.98. The van der Waals surface area contributed by atoms with E-state index in [0.29, 0.717) is 19.4 Å². The van der Waals surface area contributed by atoms with Gasteiger partial charge in [-0.1, -0.05) is 13.8 Å². The molecule has 12 heavy (non-hydrogen) atoms. The highest BCUT2D eigenvalue weighted by Gasteiger charge is 2.52. The predicted octanol–water partition coefficient (Wildman–Crippen LogP) is 0.511. The Balaban J connectivity index is 2.54. The van der Waals surface area contributed by atoms with Gasteiger partial charge in [-0.25, -0.2) is 0 Å². The fraction of sp³-hybridized carbons (Fsp3) is 1.00. The minimum atomic E-state index is -0.609. The van der Waals surface area contributed by atoms with Gasteiger partial charge in [0.2, 0.25) is 0 Å². The molecule has 1 fully saturated rings. The third kappa shape index (κ3) is 1.37. The molecule has 0 aromatic heterocycles. The second-order valence-electron chi connectivity index (χ2n) is 4.39. The Kier molecular flexibility index (Phi) is 2.47. The Morgan fingerprint density at radius 3 is 2.42 bits per heavy atom. The maximum absolute atomic E-state index is 10.1. The fourth-order valence-corrected chi connectivity index (χ4v) is 1.60. The van der Waals surface area contributed by atoms with Gasteiger partial charge >= 0.3 is 0 Å². The first-order valence-corrected chi connectivity index (χ1v) is 4.40. The van der Waals surface area contributed by atoms with Gasteiger partial charge in [0.05, 0.1) is 11.7 Å². The van der Waals surface area contributed by atoms with Gasteiger partial charge in [-0.3, -0.25) is 0 Å². The van der Waals surface area contributed by atoms with Crippen LogP contribution >= 0.6 is 0 Å². The van der Waals surface area contributed by atoms with Crippen molar-refractivity contribution in [1.29, 1.82) is 0 Å². The van der Waals surface area contributed by atoms with E-state index in [4.69, 9.17) is 10.5 Å². The lowest BCUT2D eigenvalue weighted by Gasteiger charge is -2.52. The average Bonchev–Trinajstić information content (AvgIpc) is 1.98. The Bertz CT molecular complexity index is 162. The van der Waals surface area contributed by atoms with Crippen molar-refractivity contribution in [3.05, 3.63) is 0 Å². The summed E-state index contributed by atoms with van der Waals surface area (Å²) in [7, 11) is 1.68. The van der Waals surface area contributed by atoms with Crippen molar-refractivity contribution in [3.8, 4) is 0 Å². The van der Waals surface area contributed by atoms with Crippen molar-refractivity contribution in [2.75, 3.05) is 13.7 Å². The summed E-state index contributed by atoms with van der Waals surface area (Å²) in [6.07, 6.45) is 1.65. The fourth-order valence-electron chi connectivity index (χ4n) is 1.60. The summed E-state index contributed by atoms with van der Waals surface area (Å²) in [4.78, 5) is 0. The van der Waals surface area contributed by atoms with E-state index in [1.54, 1.807) is 7.11 Å². The molecule has 0 unspecified atom stereocenters. The summed E-state index contributed by atoms with van der Waals surface area (Å²) < 4.78 is 5.12. The van der Waals surface area contributed by atoms with E-state index >= 15 is 0 Å². The lowest BCUT2D eigenvalue weighted by Crippen LogP contribution is -2.59. The quantitative estimate of drug-likeness (QED) is 0.654. The number of aliphatic hydroxyl groups is 1. The Morgan fingerprint density at radius 1 is 1.58 bits per heavy atom. The van der Waals surface area contributed by atoms with Gasteiger partial charge in [-0.05, 0) is 0 Å². The molecule has 0 amide bonds. The molecule has 1 rings (SSSR count). The minimum absolute atomic E-state index is 0.192. The second-order valence-corrected chi connectivity index (χ2v) is 4.39. The topological polar surface area (TPSA) is 55.5 Å². The summed E-state index contributed by atoms with van der Waals surface area (Å²) in [6.45, 7) is 4.51. The zero-order valence-electron chi connectivity index (χ0n) is 8.13. The number of nitrogens with two attached hydrogens (primary N) is 1. The molecule has 72 valence electrons. The number of ether oxygens (including phenoxy) is 1. The van der Waals surface area contributed by atoms with Crippen LogP contribution in [0.25, 0.3) is 0 Å². The molecule has 0 aromatic rings. The molecule has 0 radical (unpaired) electrons. The normalized spacial score (nSPS) is 36.2. The molecule has 0 aliphatic heterocycles. The monoisotopic (exact) mass is 173 g/mol. The molecule has 0 heterocycles. The van der Waals surface area contributed by atoms with Gasteiger partial charge in [0.25, 0.3) is 0 Å². The van der Waals surface area contributed by atoms with Crippen LogP contribution < -0.4 is 5.73 Å². The first kappa shape index (κ1) is 9.96. The standard InChI is InChI=1S/C9H19NO2/c1-8(2,6-10)9(11)4-7(5-9)12-3/h7,11H,4-6,10H2,1-3H3. The zero-order valence-corrected chi connectivity index (χ0v) is 8.13. The van der Waals surface area contributed by atoms with E-state index in [1.807, 2.05) is 13.8 Å². The van der Waals surface area contributed by atoms with E-state index in [1.165, 1.54) is 0 Å². The summed E-state index contributed by atoms with van der Waals surface area (Å²) in [5, 5.41) is 10.1. The molecule has 1 aliphatic rings. The Labute approximate surface area is 73.9 Å². The van der Waals surface area contributed by atoms with Gasteiger partial charge < -0.3 is 15.6 Å². The van der Waals surface area contributed by atoms with Gasteiger partial charge in [0, 0.05) is 31.9 Å². The molecule has 3 nitrogen and oxygen atoms in total. The van der Waals surface area contributed by atoms with Crippen LogP contribution in [0.4, 0.5) is 0 Å². The predicted molar refractivity (Wildman–Crippen MR) is 47.8 cm³/mol. The molecule has 0 aromatic carbocycles. The SMILES string of the molecule is COC1CC(O)(C(C)(C)CN)C1. The van der Waals surface area contributed by atoms with Crippen molar-refractivity contribution >= 4 is 0 Å². The first-order valence-electron chi connectivity index (χ1n) is 4.40. The molecular formula is C9H19NO2. The van der Waals surface area contributed by atoms with Crippen molar-refractivity contribution in [2.24, 2.45) is 11.1 Å². The highest BCUT2D eigenvalue weighted by molar-refractivity contribution is 5.04. The third-order valence-electron chi connectivity index (χ3n) is 3.23. The van der Waals surface area contributed by atoms with Crippen LogP contribution in [-0.2, 0) is 4.74 Å². The van der Waals surface area contributed by atoms with Crippen molar-refractivity contribution < 1.29 is 9.84 Å². The van der Waals surface area contributed by atoms with Crippen LogP contribution in [0.3, 0.4) is 0 Å². The van der Waals surface area contributed by atoms with Crippen LogP contribution in [0.1, 0.15) is 26.7 Å². The van der Waals surface area contributed by atoms with Gasteiger partial charge in [-0.2, -0.15) is 0 Å². The largest absolute Gasteiger partial charge is 0.389 e. The summed E-state index contributed by atoms with van der Waals surface area (Å²) in [5.41, 5.74) is 4.79. The van der Waals surface area contributed by atoms with E-state index in [9.17, 15) is 5.11 Å². The molecular weight excluding hydrogens is 154 g/mol. The van der Waals surface area contributed by atoms with Gasteiger partial charge in [0.15, 0.2) is 0 Å². The summed E-state index contributed by atoms with van der Waals surface area (Å²) in [5.74, 6) is 0. The van der Waals surface area contributed by atoms with Crippen molar-refractivity contribution in [2.45, 2.75) is 38.4 Å². The van der Waals surface area contributed by atoms with Gasteiger partial charge in [0.1, 0.15) is 0 Å². The van der Waals surface area contributed by atoms with E-state index in [0.717, 1.165) is 0 Å². The van der Waals surface area contributed by atoms with E-state index in [2.05, 4.69) is 0 Å². The summed E-state index contributed by atoms with van der Waals surface area (Å²) in [6, 6.07) is 0. The molecule has 0 spiro atoms. The van der Waals surface area contributed by atoms with Crippen LogP contribution in [0.2, 0.25) is 0 Å². The summed E-state index contributed by atoms with van der Waals surface area (Å²) >= 11 is 0. The maximum atomic E-state index is 10.1. The Morgan fingerprint density at radius 2 is 2.08 bits per heavy atom. The lowest BCUT2D eigenvalue weighted by molar-refractivity contribution is -0.184. The Hall–Kier alpha value is -0.120. The van der Waals surface area contributed by atoms with Crippen LogP contribution in [-0.4, -0.2) is 30.5 Å². The number of hydrogen-bond donors (Lipinski definition) is 2. The first-order chi connectivity index (χ1) is 5.45. The maximum Gasteiger partial charge on any atom is 0.0759 e. The van der Waals surface area contributed by atoms with Crippen LogP contribution in [0.15, 0.2) is 0 Å². The zero-order chi connectivity index (χ0) is 9.41. The lowest BCUT2D eigenvalue weighted by atomic mass is 9.62. The molecule has 1 aliphatic carbocycles. The number of rotatable bonds is 3. The van der Waals surface area contributed by atoms with E-state index < -0.39 is 5.60 Å². The molecule has 1 saturated carbocycles.